The maximum atomic E-state index is 12.5. The van der Waals surface area contributed by atoms with Crippen LogP contribution in [0.1, 0.15) is 28.9 Å². The van der Waals surface area contributed by atoms with Crippen molar-refractivity contribution in [2.24, 2.45) is 5.92 Å². The summed E-state index contributed by atoms with van der Waals surface area (Å²) in [6, 6.07) is 3.48. The van der Waals surface area contributed by atoms with E-state index in [1.807, 2.05) is 17.9 Å². The summed E-state index contributed by atoms with van der Waals surface area (Å²) in [4.78, 5) is 20.7. The van der Waals surface area contributed by atoms with E-state index in [9.17, 15) is 4.79 Å². The molecule has 1 amide bonds. The third-order valence-corrected chi connectivity index (χ3v) is 3.75. The van der Waals surface area contributed by atoms with Crippen LogP contribution < -0.4 is 5.73 Å². The Kier molecular flexibility index (Phi) is 4.60. The van der Waals surface area contributed by atoms with Gasteiger partial charge in [-0.2, -0.15) is 0 Å². The number of anilines is 1. The van der Waals surface area contributed by atoms with Crippen molar-refractivity contribution in [2.75, 3.05) is 39.5 Å². The van der Waals surface area contributed by atoms with Crippen LogP contribution in [0.25, 0.3) is 0 Å². The van der Waals surface area contributed by atoms with E-state index >= 15 is 0 Å². The molecule has 2 heterocycles. The van der Waals surface area contributed by atoms with Gasteiger partial charge >= 0.3 is 0 Å². The van der Waals surface area contributed by atoms with Gasteiger partial charge < -0.3 is 15.5 Å². The van der Waals surface area contributed by atoms with Gasteiger partial charge in [-0.15, -0.1) is 0 Å². The van der Waals surface area contributed by atoms with Crippen LogP contribution in [0.4, 0.5) is 5.82 Å². The van der Waals surface area contributed by atoms with Gasteiger partial charge in [-0.3, -0.25) is 4.79 Å². The number of amides is 1. The molecule has 0 unspecified atom stereocenters. The van der Waals surface area contributed by atoms with Gasteiger partial charge in [0.15, 0.2) is 0 Å². The van der Waals surface area contributed by atoms with Crippen LogP contribution in [0.15, 0.2) is 12.1 Å². The summed E-state index contributed by atoms with van der Waals surface area (Å²) in [5, 5.41) is 0. The fourth-order valence-electron chi connectivity index (χ4n) is 2.84. The molecule has 0 atom stereocenters. The minimum Gasteiger partial charge on any atom is -0.384 e. The lowest BCUT2D eigenvalue weighted by Crippen LogP contribution is -2.40. The van der Waals surface area contributed by atoms with E-state index in [4.69, 9.17) is 5.73 Å². The Bertz CT molecular complexity index is 459. The molecule has 0 saturated carbocycles. The molecule has 1 aromatic heterocycles. The lowest BCUT2D eigenvalue weighted by Gasteiger charge is -2.33. The number of nitrogens with two attached hydrogens (primary N) is 1. The Balaban J connectivity index is 1.98. The van der Waals surface area contributed by atoms with Crippen LogP contribution in [0.5, 0.6) is 0 Å². The summed E-state index contributed by atoms with van der Waals surface area (Å²) < 4.78 is 0. The number of nitrogens with zero attached hydrogens (tertiary/aromatic N) is 3. The number of aromatic nitrogens is 1. The number of hydrogen-bond acceptors (Lipinski definition) is 4. The Morgan fingerprint density at radius 3 is 2.60 bits per heavy atom. The second-order valence-electron chi connectivity index (χ2n) is 5.92. The number of carbonyl (C=O) groups is 1. The molecule has 1 saturated heterocycles. The SMILES string of the molecule is Cc1cc(C(=O)N2CCC(CN(C)C)CC2)cc(N)n1. The van der Waals surface area contributed by atoms with Crippen LogP contribution in [-0.4, -0.2) is 54.4 Å². The lowest BCUT2D eigenvalue weighted by atomic mass is 9.96. The molecule has 0 bridgehead atoms. The first-order valence-corrected chi connectivity index (χ1v) is 7.14. The van der Waals surface area contributed by atoms with Crippen molar-refractivity contribution in [1.29, 1.82) is 0 Å². The normalized spacial score (nSPS) is 16.7. The molecule has 0 aliphatic carbocycles. The van der Waals surface area contributed by atoms with Gasteiger partial charge in [0.25, 0.3) is 5.91 Å². The molecule has 5 heteroatoms. The fourth-order valence-corrected chi connectivity index (χ4v) is 2.84. The number of carbonyl (C=O) groups excluding carboxylic acids is 1. The first-order chi connectivity index (χ1) is 9.45. The van der Waals surface area contributed by atoms with E-state index in [2.05, 4.69) is 24.0 Å². The third kappa shape index (κ3) is 3.70. The average molecular weight is 276 g/mol. The van der Waals surface area contributed by atoms with E-state index in [1.54, 1.807) is 6.07 Å². The molecule has 5 nitrogen and oxygen atoms in total. The smallest absolute Gasteiger partial charge is 0.254 e. The van der Waals surface area contributed by atoms with E-state index in [1.165, 1.54) is 0 Å². The Morgan fingerprint density at radius 2 is 2.05 bits per heavy atom. The molecule has 1 aromatic rings. The van der Waals surface area contributed by atoms with Crippen LogP contribution in [-0.2, 0) is 0 Å². The fraction of sp³-hybridized carbons (Fsp3) is 0.600. The third-order valence-electron chi connectivity index (χ3n) is 3.75. The standard InChI is InChI=1S/C15H24N4O/c1-11-8-13(9-14(16)17-11)15(20)19-6-4-12(5-7-19)10-18(2)3/h8-9,12H,4-7,10H2,1-3H3,(H2,16,17). The number of aryl methyl sites for hydroxylation is 1. The van der Waals surface area contributed by atoms with Gasteiger partial charge in [0, 0.05) is 30.9 Å². The van der Waals surface area contributed by atoms with Gasteiger partial charge in [0.2, 0.25) is 0 Å². The number of nitrogen functional groups attached to an aromatic ring is 1. The topological polar surface area (TPSA) is 62.5 Å². The molecule has 2 rings (SSSR count). The molecule has 1 fully saturated rings. The van der Waals surface area contributed by atoms with Crippen molar-refractivity contribution in [1.82, 2.24) is 14.8 Å². The molecule has 20 heavy (non-hydrogen) atoms. The number of hydrogen-bond donors (Lipinski definition) is 1. The maximum Gasteiger partial charge on any atom is 0.254 e. The average Bonchev–Trinajstić information content (AvgIpc) is 2.37. The number of likely N-dealkylation sites (tertiary alicyclic amines) is 1. The minimum absolute atomic E-state index is 0.0745. The second kappa shape index (κ2) is 6.22. The highest BCUT2D eigenvalue weighted by molar-refractivity contribution is 5.95. The van der Waals surface area contributed by atoms with Crippen molar-refractivity contribution < 1.29 is 4.79 Å². The van der Waals surface area contributed by atoms with Crippen LogP contribution in [0.3, 0.4) is 0 Å². The molecule has 0 radical (unpaired) electrons. The van der Waals surface area contributed by atoms with Crippen LogP contribution in [0, 0.1) is 12.8 Å². The van der Waals surface area contributed by atoms with Gasteiger partial charge in [-0.1, -0.05) is 0 Å². The molecular formula is C15H24N4O. The summed E-state index contributed by atoms with van der Waals surface area (Å²) in [6.07, 6.45) is 2.15. The van der Waals surface area contributed by atoms with E-state index in [-0.39, 0.29) is 5.91 Å². The minimum atomic E-state index is 0.0745. The lowest BCUT2D eigenvalue weighted by molar-refractivity contribution is 0.0678. The van der Waals surface area contributed by atoms with E-state index in [0.29, 0.717) is 17.3 Å². The zero-order chi connectivity index (χ0) is 14.7. The van der Waals surface area contributed by atoms with Crippen molar-refractivity contribution >= 4 is 11.7 Å². The highest BCUT2D eigenvalue weighted by Gasteiger charge is 2.24. The monoisotopic (exact) mass is 276 g/mol. The number of pyridine rings is 1. The highest BCUT2D eigenvalue weighted by Crippen LogP contribution is 2.20. The Labute approximate surface area is 120 Å². The Morgan fingerprint density at radius 1 is 1.40 bits per heavy atom. The second-order valence-corrected chi connectivity index (χ2v) is 5.92. The van der Waals surface area contributed by atoms with Crippen LogP contribution >= 0.6 is 0 Å². The summed E-state index contributed by atoms with van der Waals surface area (Å²) in [6.45, 7) is 4.62. The first-order valence-electron chi connectivity index (χ1n) is 7.14. The largest absolute Gasteiger partial charge is 0.384 e. The Hall–Kier alpha value is -1.62. The predicted octanol–water partition coefficient (Wildman–Crippen LogP) is 1.39. The van der Waals surface area contributed by atoms with Crippen molar-refractivity contribution in [3.8, 4) is 0 Å². The molecule has 1 aliphatic rings. The summed E-state index contributed by atoms with van der Waals surface area (Å²) >= 11 is 0. The summed E-state index contributed by atoms with van der Waals surface area (Å²) in [5.41, 5.74) is 7.16. The molecule has 0 spiro atoms. The molecule has 2 N–H and O–H groups in total. The number of rotatable bonds is 3. The molecular weight excluding hydrogens is 252 g/mol. The number of piperidine rings is 1. The van der Waals surface area contributed by atoms with Gasteiger partial charge in [-0.25, -0.2) is 4.98 Å². The highest BCUT2D eigenvalue weighted by atomic mass is 16.2. The van der Waals surface area contributed by atoms with Crippen molar-refractivity contribution in [3.05, 3.63) is 23.4 Å². The zero-order valence-corrected chi connectivity index (χ0v) is 12.6. The van der Waals surface area contributed by atoms with Gasteiger partial charge in [0.05, 0.1) is 0 Å². The summed E-state index contributed by atoms with van der Waals surface area (Å²) in [7, 11) is 4.19. The quantitative estimate of drug-likeness (QED) is 0.906. The zero-order valence-electron chi connectivity index (χ0n) is 12.6. The van der Waals surface area contributed by atoms with E-state index in [0.717, 1.165) is 38.2 Å². The maximum absolute atomic E-state index is 12.5. The summed E-state index contributed by atoms with van der Waals surface area (Å²) in [5.74, 6) is 1.18. The van der Waals surface area contributed by atoms with Gasteiger partial charge in [-0.05, 0) is 51.9 Å². The molecule has 0 aromatic carbocycles. The molecule has 1 aliphatic heterocycles. The molecule has 110 valence electrons. The predicted molar refractivity (Wildman–Crippen MR) is 80.6 cm³/mol. The van der Waals surface area contributed by atoms with Crippen molar-refractivity contribution in [3.63, 3.8) is 0 Å². The van der Waals surface area contributed by atoms with Crippen molar-refractivity contribution in [2.45, 2.75) is 19.8 Å². The van der Waals surface area contributed by atoms with E-state index < -0.39 is 0 Å². The first kappa shape index (κ1) is 14.8. The van der Waals surface area contributed by atoms with Crippen LogP contribution in [0.2, 0.25) is 0 Å². The van der Waals surface area contributed by atoms with Gasteiger partial charge in [0.1, 0.15) is 5.82 Å².